The maximum atomic E-state index is 12.9. The monoisotopic (exact) mass is 480 g/mol. The molecule has 0 aliphatic heterocycles. The second-order valence-electron chi connectivity index (χ2n) is 7.32. The molecular weight excluding hydrogens is 460 g/mol. The lowest BCUT2D eigenvalue weighted by Gasteiger charge is -2.10. The number of hydrazone groups is 2. The van der Waals surface area contributed by atoms with Crippen LogP contribution in [0.1, 0.15) is 31.8 Å². The average molecular weight is 480 g/mol. The molecule has 0 aliphatic carbocycles. The van der Waals surface area contributed by atoms with Gasteiger partial charge in [-0.1, -0.05) is 24.3 Å². The van der Waals surface area contributed by atoms with Gasteiger partial charge >= 0.3 is 0 Å². The fourth-order valence-corrected chi connectivity index (χ4v) is 3.19. The summed E-state index contributed by atoms with van der Waals surface area (Å²) in [6.07, 6.45) is 5.57. The van der Waals surface area contributed by atoms with Gasteiger partial charge < -0.3 is 10.2 Å². The number of amides is 2. The highest BCUT2D eigenvalue weighted by molar-refractivity contribution is 6.05. The van der Waals surface area contributed by atoms with E-state index in [4.69, 9.17) is 0 Å². The van der Waals surface area contributed by atoms with Gasteiger partial charge in [0.25, 0.3) is 11.8 Å². The Morgan fingerprint density at radius 3 is 1.47 bits per heavy atom. The summed E-state index contributed by atoms with van der Waals surface area (Å²) in [4.78, 5) is 34.2. The molecule has 2 aromatic heterocycles. The molecule has 0 saturated heterocycles. The maximum absolute atomic E-state index is 12.9. The Labute approximate surface area is 205 Å². The Morgan fingerprint density at radius 1 is 0.639 bits per heavy atom. The topological polar surface area (TPSA) is 149 Å². The molecule has 0 spiro atoms. The third-order valence-corrected chi connectivity index (χ3v) is 4.94. The third kappa shape index (κ3) is 5.57. The molecule has 2 amide bonds. The molecule has 0 radical (unpaired) electrons. The summed E-state index contributed by atoms with van der Waals surface area (Å²) >= 11 is 0. The number of carbonyl (C=O) groups is 2. The van der Waals surface area contributed by atoms with Crippen molar-refractivity contribution in [3.8, 4) is 22.9 Å². The van der Waals surface area contributed by atoms with E-state index in [1.807, 2.05) is 0 Å². The Morgan fingerprint density at radius 2 is 1.06 bits per heavy atom. The van der Waals surface area contributed by atoms with Crippen molar-refractivity contribution < 1.29 is 19.8 Å². The number of para-hydroxylation sites is 2. The number of nitrogens with zero attached hydrogens (tertiary/aromatic N) is 4. The molecule has 2 aromatic carbocycles. The first kappa shape index (κ1) is 23.8. The van der Waals surface area contributed by atoms with Crippen molar-refractivity contribution in [2.24, 2.45) is 10.2 Å². The maximum Gasteiger partial charge on any atom is 0.273 e. The van der Waals surface area contributed by atoms with Gasteiger partial charge in [0.15, 0.2) is 0 Å². The van der Waals surface area contributed by atoms with E-state index in [1.165, 1.54) is 49.1 Å². The SMILES string of the molecule is O=C(N/N=C/c1ccccc1O)c1cccnc1-c1ncccc1C(=O)N/N=C/c1ccccc1O. The van der Waals surface area contributed by atoms with Crippen molar-refractivity contribution >= 4 is 24.2 Å². The zero-order chi connectivity index (χ0) is 25.3. The van der Waals surface area contributed by atoms with Crippen molar-refractivity contribution in [1.82, 2.24) is 20.8 Å². The van der Waals surface area contributed by atoms with Crippen molar-refractivity contribution in [3.05, 3.63) is 107 Å². The van der Waals surface area contributed by atoms with Crippen molar-refractivity contribution in [1.29, 1.82) is 0 Å². The quantitative estimate of drug-likeness (QED) is 0.236. The van der Waals surface area contributed by atoms with E-state index in [9.17, 15) is 19.8 Å². The van der Waals surface area contributed by atoms with Gasteiger partial charge in [-0.15, -0.1) is 0 Å². The number of benzene rings is 2. The van der Waals surface area contributed by atoms with Gasteiger partial charge in [-0.2, -0.15) is 10.2 Å². The van der Waals surface area contributed by atoms with E-state index in [0.29, 0.717) is 11.1 Å². The van der Waals surface area contributed by atoms with Crippen LogP contribution in [0.25, 0.3) is 11.4 Å². The van der Waals surface area contributed by atoms with E-state index < -0.39 is 11.8 Å². The molecule has 178 valence electrons. The number of rotatable bonds is 7. The largest absolute Gasteiger partial charge is 0.507 e. The van der Waals surface area contributed by atoms with Gasteiger partial charge in [0, 0.05) is 23.5 Å². The number of hydrogen-bond donors (Lipinski definition) is 4. The van der Waals surface area contributed by atoms with Gasteiger partial charge in [-0.05, 0) is 48.5 Å². The van der Waals surface area contributed by atoms with Gasteiger partial charge in [0.2, 0.25) is 0 Å². The Kier molecular flexibility index (Phi) is 7.37. The number of carbonyl (C=O) groups excluding carboxylic acids is 2. The minimum atomic E-state index is -0.584. The fraction of sp³-hybridized carbons (Fsp3) is 0. The van der Waals surface area contributed by atoms with Crippen LogP contribution in [-0.2, 0) is 0 Å². The molecule has 0 aliphatic rings. The number of aromatic nitrogens is 2. The van der Waals surface area contributed by atoms with Crippen LogP contribution < -0.4 is 10.9 Å². The summed E-state index contributed by atoms with van der Waals surface area (Å²) < 4.78 is 0. The normalized spacial score (nSPS) is 11.0. The molecule has 4 aromatic rings. The highest BCUT2D eigenvalue weighted by Crippen LogP contribution is 2.23. The number of pyridine rings is 2. The third-order valence-electron chi connectivity index (χ3n) is 4.94. The first-order valence-electron chi connectivity index (χ1n) is 10.7. The Bertz CT molecular complexity index is 1360. The van der Waals surface area contributed by atoms with Gasteiger partial charge in [-0.3, -0.25) is 19.6 Å². The first-order chi connectivity index (χ1) is 17.5. The smallest absolute Gasteiger partial charge is 0.273 e. The molecule has 0 saturated carbocycles. The van der Waals surface area contributed by atoms with Gasteiger partial charge in [-0.25, -0.2) is 10.9 Å². The predicted octanol–water partition coefficient (Wildman–Crippen LogP) is 3.08. The van der Waals surface area contributed by atoms with Crippen molar-refractivity contribution in [2.45, 2.75) is 0 Å². The second-order valence-corrected chi connectivity index (χ2v) is 7.32. The first-order valence-corrected chi connectivity index (χ1v) is 10.7. The summed E-state index contributed by atoms with van der Waals surface area (Å²) in [6.45, 7) is 0. The summed E-state index contributed by atoms with van der Waals surface area (Å²) in [5.74, 6) is -1.13. The van der Waals surface area contributed by atoms with Crippen LogP contribution in [0.5, 0.6) is 11.5 Å². The minimum absolute atomic E-state index is 0.0202. The van der Waals surface area contributed by atoms with Crippen LogP contribution in [0.15, 0.2) is 95.4 Å². The predicted molar refractivity (Wildman–Crippen MR) is 134 cm³/mol. The molecule has 4 rings (SSSR count). The van der Waals surface area contributed by atoms with Gasteiger partial charge in [0.05, 0.1) is 23.6 Å². The lowest BCUT2D eigenvalue weighted by molar-refractivity contribution is 0.0945. The summed E-state index contributed by atoms with van der Waals surface area (Å²) in [5, 5.41) is 27.4. The molecule has 0 bridgehead atoms. The summed E-state index contributed by atoms with van der Waals surface area (Å²) in [5.41, 5.74) is 6.26. The number of phenols is 2. The average Bonchev–Trinajstić information content (AvgIpc) is 2.90. The lowest BCUT2D eigenvalue weighted by Crippen LogP contribution is -2.21. The molecule has 4 N–H and O–H groups in total. The highest BCUT2D eigenvalue weighted by Gasteiger charge is 2.20. The van der Waals surface area contributed by atoms with Crippen LogP contribution in [-0.4, -0.2) is 44.4 Å². The van der Waals surface area contributed by atoms with E-state index >= 15 is 0 Å². The summed E-state index contributed by atoms with van der Waals surface area (Å²) in [7, 11) is 0. The molecule has 10 nitrogen and oxygen atoms in total. The number of aromatic hydroxyl groups is 2. The lowest BCUT2D eigenvalue weighted by atomic mass is 10.1. The molecule has 0 unspecified atom stereocenters. The van der Waals surface area contributed by atoms with Gasteiger partial charge in [0.1, 0.15) is 22.9 Å². The zero-order valence-corrected chi connectivity index (χ0v) is 18.7. The van der Waals surface area contributed by atoms with E-state index in [0.717, 1.165) is 0 Å². The highest BCUT2D eigenvalue weighted by atomic mass is 16.3. The standard InChI is InChI=1S/C26H20N6O4/c33-21-11-3-1-7-17(21)15-29-31-25(35)19-9-5-13-27-23(19)24-20(10-6-14-28-24)26(36)32-30-16-18-8-2-4-12-22(18)34/h1-16,33-34H,(H,31,35)(H,32,36)/b29-15+,30-16+. The Hall–Kier alpha value is -5.38. The zero-order valence-electron chi connectivity index (χ0n) is 18.7. The number of hydrogen-bond acceptors (Lipinski definition) is 8. The molecular formula is C26H20N6O4. The summed E-state index contributed by atoms with van der Waals surface area (Å²) in [6, 6.07) is 19.3. The minimum Gasteiger partial charge on any atom is -0.507 e. The molecule has 2 heterocycles. The van der Waals surface area contributed by atoms with Crippen LogP contribution in [0.3, 0.4) is 0 Å². The van der Waals surface area contributed by atoms with E-state index in [2.05, 4.69) is 31.0 Å². The van der Waals surface area contributed by atoms with Crippen LogP contribution in [0, 0.1) is 0 Å². The second kappa shape index (κ2) is 11.2. The van der Waals surface area contributed by atoms with E-state index in [1.54, 1.807) is 48.5 Å². The molecule has 0 atom stereocenters. The van der Waals surface area contributed by atoms with Crippen LogP contribution in [0.4, 0.5) is 0 Å². The molecule has 36 heavy (non-hydrogen) atoms. The van der Waals surface area contributed by atoms with E-state index in [-0.39, 0.29) is 34.0 Å². The fourth-order valence-electron chi connectivity index (χ4n) is 3.19. The number of phenolic OH excluding ortho intramolecular Hbond substituents is 2. The molecule has 0 fully saturated rings. The van der Waals surface area contributed by atoms with Crippen LogP contribution >= 0.6 is 0 Å². The Balaban J connectivity index is 1.55. The van der Waals surface area contributed by atoms with Crippen molar-refractivity contribution in [3.63, 3.8) is 0 Å². The van der Waals surface area contributed by atoms with Crippen molar-refractivity contribution in [2.75, 3.05) is 0 Å². The molecule has 10 heteroatoms. The van der Waals surface area contributed by atoms with Crippen LogP contribution in [0.2, 0.25) is 0 Å². The number of nitrogens with one attached hydrogen (secondary N) is 2.